The third kappa shape index (κ3) is 5.78. The summed E-state index contributed by atoms with van der Waals surface area (Å²) < 4.78 is 0. The molecule has 0 aromatic heterocycles. The molecule has 27 heavy (non-hydrogen) atoms. The van der Waals surface area contributed by atoms with Crippen molar-refractivity contribution in [1.82, 2.24) is 20.0 Å². The summed E-state index contributed by atoms with van der Waals surface area (Å²) in [7, 11) is 1.65. The summed E-state index contributed by atoms with van der Waals surface area (Å²) in [6.45, 7) is 7.16. The topological polar surface area (TPSA) is 55.9 Å². The first-order valence-electron chi connectivity index (χ1n) is 10.2. The van der Waals surface area contributed by atoms with E-state index in [1.54, 1.807) is 7.05 Å². The maximum absolute atomic E-state index is 12.5. The number of piperazine rings is 1. The molecule has 0 spiro atoms. The molecular formula is C21H32N4O2. The second-order valence-corrected chi connectivity index (χ2v) is 7.62. The van der Waals surface area contributed by atoms with E-state index in [0.29, 0.717) is 18.0 Å². The normalized spacial score (nSPS) is 19.5. The van der Waals surface area contributed by atoms with Gasteiger partial charge in [-0.05, 0) is 30.5 Å². The fourth-order valence-corrected chi connectivity index (χ4v) is 3.88. The van der Waals surface area contributed by atoms with Crippen molar-refractivity contribution in [2.75, 3.05) is 52.9 Å². The van der Waals surface area contributed by atoms with Gasteiger partial charge in [0.15, 0.2) is 0 Å². The summed E-state index contributed by atoms with van der Waals surface area (Å²) in [5.41, 5.74) is 1.91. The van der Waals surface area contributed by atoms with Crippen molar-refractivity contribution in [2.45, 2.75) is 32.2 Å². The van der Waals surface area contributed by atoms with E-state index < -0.39 is 0 Å². The summed E-state index contributed by atoms with van der Waals surface area (Å²) in [4.78, 5) is 30.9. The van der Waals surface area contributed by atoms with Crippen LogP contribution < -0.4 is 5.32 Å². The second-order valence-electron chi connectivity index (χ2n) is 7.62. The van der Waals surface area contributed by atoms with Gasteiger partial charge >= 0.3 is 0 Å². The third-order valence-corrected chi connectivity index (χ3v) is 5.63. The fraction of sp³-hybridized carbons (Fsp3) is 0.619. The SMILES string of the molecule is CNC(=O)c1ccc(CN2CCN(CC(=O)N3CCCCCC3)CC2)cc1. The van der Waals surface area contributed by atoms with Crippen molar-refractivity contribution in [2.24, 2.45) is 0 Å². The number of benzene rings is 1. The van der Waals surface area contributed by atoms with Crippen molar-refractivity contribution in [3.63, 3.8) is 0 Å². The molecule has 2 aliphatic heterocycles. The standard InChI is InChI=1S/C21H32N4O2/c1-22-21(27)19-8-6-18(7-9-19)16-23-12-14-24(15-13-23)17-20(26)25-10-4-2-3-5-11-25/h6-9H,2-5,10-17H2,1H3,(H,22,27). The quantitative estimate of drug-likeness (QED) is 0.852. The van der Waals surface area contributed by atoms with Gasteiger partial charge in [-0.15, -0.1) is 0 Å². The number of carbonyl (C=O) groups is 2. The zero-order valence-corrected chi connectivity index (χ0v) is 16.5. The van der Waals surface area contributed by atoms with Crippen molar-refractivity contribution in [1.29, 1.82) is 0 Å². The zero-order chi connectivity index (χ0) is 19.1. The monoisotopic (exact) mass is 372 g/mol. The Hall–Kier alpha value is -1.92. The molecule has 1 N–H and O–H groups in total. The van der Waals surface area contributed by atoms with Crippen LogP contribution >= 0.6 is 0 Å². The summed E-state index contributed by atoms with van der Waals surface area (Å²) in [6.07, 6.45) is 4.82. The van der Waals surface area contributed by atoms with Crippen LogP contribution in [0.15, 0.2) is 24.3 Å². The highest BCUT2D eigenvalue weighted by molar-refractivity contribution is 5.93. The highest BCUT2D eigenvalue weighted by Gasteiger charge is 2.22. The van der Waals surface area contributed by atoms with Gasteiger partial charge in [-0.1, -0.05) is 25.0 Å². The smallest absolute Gasteiger partial charge is 0.251 e. The summed E-state index contributed by atoms with van der Waals surface area (Å²) in [5, 5.41) is 2.64. The molecule has 148 valence electrons. The molecule has 2 amide bonds. The van der Waals surface area contributed by atoms with Gasteiger partial charge in [0.05, 0.1) is 6.54 Å². The van der Waals surface area contributed by atoms with Gasteiger partial charge < -0.3 is 10.2 Å². The fourth-order valence-electron chi connectivity index (χ4n) is 3.88. The van der Waals surface area contributed by atoms with Crippen LogP contribution in [0.2, 0.25) is 0 Å². The number of hydrogen-bond acceptors (Lipinski definition) is 4. The molecule has 2 fully saturated rings. The van der Waals surface area contributed by atoms with Crippen LogP contribution in [0.4, 0.5) is 0 Å². The lowest BCUT2D eigenvalue weighted by Gasteiger charge is -2.35. The molecule has 0 atom stereocenters. The maximum atomic E-state index is 12.5. The highest BCUT2D eigenvalue weighted by Crippen LogP contribution is 2.12. The number of carbonyl (C=O) groups excluding carboxylic acids is 2. The van der Waals surface area contributed by atoms with E-state index in [4.69, 9.17) is 0 Å². The van der Waals surface area contributed by atoms with Gasteiger partial charge in [-0.2, -0.15) is 0 Å². The van der Waals surface area contributed by atoms with E-state index in [-0.39, 0.29) is 5.91 Å². The number of likely N-dealkylation sites (tertiary alicyclic amines) is 1. The van der Waals surface area contributed by atoms with Gasteiger partial charge in [0.1, 0.15) is 0 Å². The predicted molar refractivity (Wildman–Crippen MR) is 107 cm³/mol. The van der Waals surface area contributed by atoms with Gasteiger partial charge in [0.2, 0.25) is 5.91 Å². The van der Waals surface area contributed by atoms with E-state index >= 15 is 0 Å². The number of nitrogens with zero attached hydrogens (tertiary/aromatic N) is 3. The Labute approximate surface area is 162 Å². The summed E-state index contributed by atoms with van der Waals surface area (Å²) in [5.74, 6) is 0.249. The number of hydrogen-bond donors (Lipinski definition) is 1. The third-order valence-electron chi connectivity index (χ3n) is 5.63. The Morgan fingerprint density at radius 2 is 1.44 bits per heavy atom. The van der Waals surface area contributed by atoms with Crippen LogP contribution in [0.25, 0.3) is 0 Å². The van der Waals surface area contributed by atoms with Crippen LogP contribution in [-0.4, -0.2) is 79.4 Å². The lowest BCUT2D eigenvalue weighted by Crippen LogP contribution is -2.49. The van der Waals surface area contributed by atoms with Crippen molar-refractivity contribution < 1.29 is 9.59 Å². The molecule has 0 unspecified atom stereocenters. The average Bonchev–Trinajstić information content (AvgIpc) is 2.99. The Bertz CT molecular complexity index is 616. The minimum Gasteiger partial charge on any atom is -0.355 e. The van der Waals surface area contributed by atoms with Crippen LogP contribution in [0.3, 0.4) is 0 Å². The summed E-state index contributed by atoms with van der Waals surface area (Å²) in [6, 6.07) is 7.81. The average molecular weight is 373 g/mol. The Morgan fingerprint density at radius 1 is 0.852 bits per heavy atom. The van der Waals surface area contributed by atoms with Crippen molar-refractivity contribution >= 4 is 11.8 Å². The molecule has 6 nitrogen and oxygen atoms in total. The van der Waals surface area contributed by atoms with Crippen LogP contribution in [0.1, 0.15) is 41.6 Å². The van der Waals surface area contributed by atoms with Gasteiger partial charge in [-0.25, -0.2) is 0 Å². The van der Waals surface area contributed by atoms with E-state index in [2.05, 4.69) is 20.0 Å². The molecule has 0 radical (unpaired) electrons. The van der Waals surface area contributed by atoms with E-state index in [0.717, 1.165) is 58.7 Å². The van der Waals surface area contributed by atoms with E-state index in [1.165, 1.54) is 18.4 Å². The predicted octanol–water partition coefficient (Wildman–Crippen LogP) is 1.57. The van der Waals surface area contributed by atoms with Crippen molar-refractivity contribution in [3.05, 3.63) is 35.4 Å². The highest BCUT2D eigenvalue weighted by atomic mass is 16.2. The zero-order valence-electron chi connectivity index (χ0n) is 16.5. The molecule has 1 aromatic rings. The number of rotatable bonds is 5. The molecule has 6 heteroatoms. The largest absolute Gasteiger partial charge is 0.355 e. The van der Waals surface area contributed by atoms with Crippen LogP contribution in [0.5, 0.6) is 0 Å². The number of nitrogens with one attached hydrogen (secondary N) is 1. The molecule has 2 aliphatic rings. The van der Waals surface area contributed by atoms with Crippen molar-refractivity contribution in [3.8, 4) is 0 Å². The molecular weight excluding hydrogens is 340 g/mol. The second kappa shape index (κ2) is 9.85. The molecule has 0 saturated carbocycles. The molecule has 3 rings (SSSR count). The lowest BCUT2D eigenvalue weighted by molar-refractivity contribution is -0.132. The number of amides is 2. The first-order valence-corrected chi connectivity index (χ1v) is 10.2. The molecule has 0 aliphatic carbocycles. The van der Waals surface area contributed by atoms with Gasteiger partial charge in [0.25, 0.3) is 5.91 Å². The molecule has 2 saturated heterocycles. The molecule has 0 bridgehead atoms. The first-order chi connectivity index (χ1) is 13.2. The Balaban J connectivity index is 1.42. The molecule has 1 aromatic carbocycles. The van der Waals surface area contributed by atoms with E-state index in [1.807, 2.05) is 24.3 Å². The maximum Gasteiger partial charge on any atom is 0.251 e. The lowest BCUT2D eigenvalue weighted by atomic mass is 10.1. The van der Waals surface area contributed by atoms with Gasteiger partial charge in [0, 0.05) is 58.4 Å². The van der Waals surface area contributed by atoms with Crippen LogP contribution in [-0.2, 0) is 11.3 Å². The van der Waals surface area contributed by atoms with E-state index in [9.17, 15) is 9.59 Å². The van der Waals surface area contributed by atoms with Gasteiger partial charge in [-0.3, -0.25) is 19.4 Å². The first kappa shape index (κ1) is 19.8. The molecule has 2 heterocycles. The minimum absolute atomic E-state index is 0.0516. The Kier molecular flexibility index (Phi) is 7.24. The minimum atomic E-state index is -0.0516. The van der Waals surface area contributed by atoms with Crippen LogP contribution in [0, 0.1) is 0 Å². The summed E-state index contributed by atoms with van der Waals surface area (Å²) >= 11 is 0. The Morgan fingerprint density at radius 3 is 2.04 bits per heavy atom.